The molecule has 2 N–H and O–H groups in total. The van der Waals surface area contributed by atoms with Gasteiger partial charge in [0.05, 0.1) is 17.1 Å². The first-order valence-corrected chi connectivity index (χ1v) is 8.29. The summed E-state index contributed by atoms with van der Waals surface area (Å²) >= 11 is 0. The summed E-state index contributed by atoms with van der Waals surface area (Å²) in [6.07, 6.45) is 1.58. The summed E-state index contributed by atoms with van der Waals surface area (Å²) in [5.74, 6) is -0.666. The van der Waals surface area contributed by atoms with Crippen molar-refractivity contribution in [1.29, 1.82) is 0 Å². The van der Waals surface area contributed by atoms with Crippen LogP contribution in [0.1, 0.15) is 6.42 Å². The molecule has 1 aliphatic heterocycles. The van der Waals surface area contributed by atoms with E-state index in [-0.39, 0.29) is 24.0 Å². The van der Waals surface area contributed by atoms with Gasteiger partial charge in [-0.2, -0.15) is 4.68 Å². The van der Waals surface area contributed by atoms with Crippen molar-refractivity contribution in [2.24, 2.45) is 11.1 Å². The van der Waals surface area contributed by atoms with E-state index in [9.17, 15) is 13.2 Å². The Hall–Kier alpha value is -2.33. The van der Waals surface area contributed by atoms with Gasteiger partial charge in [-0.05, 0) is 22.6 Å². The van der Waals surface area contributed by atoms with E-state index in [1.54, 1.807) is 23.1 Å². The van der Waals surface area contributed by atoms with Crippen molar-refractivity contribution in [2.75, 3.05) is 17.2 Å². The number of sulfonamides is 1. The van der Waals surface area contributed by atoms with Crippen molar-refractivity contribution in [1.82, 2.24) is 20.2 Å². The van der Waals surface area contributed by atoms with Gasteiger partial charge in [-0.3, -0.25) is 4.79 Å². The van der Waals surface area contributed by atoms with Crippen LogP contribution >= 0.6 is 0 Å². The number of carbonyl (C=O) groups excluding carboxylic acids is 1. The van der Waals surface area contributed by atoms with Gasteiger partial charge in [0.15, 0.2) is 0 Å². The van der Waals surface area contributed by atoms with Gasteiger partial charge in [-0.1, -0.05) is 12.1 Å². The number of amides is 1. The van der Waals surface area contributed by atoms with Crippen LogP contribution in [0.5, 0.6) is 0 Å². The number of nitrogens with zero attached hydrogens (tertiary/aromatic N) is 5. The quantitative estimate of drug-likeness (QED) is 0.794. The molecule has 0 radical (unpaired) electrons. The van der Waals surface area contributed by atoms with Gasteiger partial charge in [-0.15, -0.1) is 5.10 Å². The van der Waals surface area contributed by atoms with Crippen LogP contribution in [0.2, 0.25) is 0 Å². The Morgan fingerprint density at radius 2 is 2.00 bits per heavy atom. The van der Waals surface area contributed by atoms with Gasteiger partial charge in [0, 0.05) is 18.9 Å². The number of anilines is 1. The molecule has 0 bridgehead atoms. The maximum Gasteiger partial charge on any atom is 0.227 e. The summed E-state index contributed by atoms with van der Waals surface area (Å²) in [6.45, 7) is 0.300. The van der Waals surface area contributed by atoms with Crippen molar-refractivity contribution in [3.05, 3.63) is 30.6 Å². The molecule has 9 nitrogen and oxygen atoms in total. The topological polar surface area (TPSA) is 124 Å². The zero-order valence-corrected chi connectivity index (χ0v) is 12.3. The van der Waals surface area contributed by atoms with Gasteiger partial charge in [0.1, 0.15) is 6.33 Å². The van der Waals surface area contributed by atoms with Crippen LogP contribution in [0.25, 0.3) is 5.69 Å². The van der Waals surface area contributed by atoms with E-state index in [0.29, 0.717) is 17.9 Å². The van der Waals surface area contributed by atoms with E-state index < -0.39 is 10.0 Å². The van der Waals surface area contributed by atoms with Gasteiger partial charge in [0.2, 0.25) is 15.9 Å². The van der Waals surface area contributed by atoms with Crippen molar-refractivity contribution < 1.29 is 13.2 Å². The number of rotatable bonds is 4. The standard InChI is InChI=1S/C12H14N6O3S/c13-22(20,21)7-9-5-12(19)17(6-9)10-3-1-2-4-11(10)18-8-14-15-16-18/h1-4,8-9H,5-7H2,(H2,13,20,21). The Labute approximate surface area is 126 Å². The van der Waals surface area contributed by atoms with Gasteiger partial charge < -0.3 is 4.90 Å². The molecule has 2 aromatic rings. The average Bonchev–Trinajstić information content (AvgIpc) is 3.07. The minimum atomic E-state index is -3.61. The molecule has 2 heterocycles. The number of hydrogen-bond acceptors (Lipinski definition) is 6. The summed E-state index contributed by atoms with van der Waals surface area (Å²) in [5, 5.41) is 16.1. The molecule has 1 fully saturated rings. The van der Waals surface area contributed by atoms with Crippen LogP contribution < -0.4 is 10.0 Å². The van der Waals surface area contributed by atoms with Crippen molar-refractivity contribution in [2.45, 2.75) is 6.42 Å². The Kier molecular flexibility index (Phi) is 3.62. The summed E-state index contributed by atoms with van der Waals surface area (Å²) in [7, 11) is -3.61. The second-order valence-electron chi connectivity index (χ2n) is 5.15. The molecule has 0 spiro atoms. The predicted molar refractivity (Wildman–Crippen MR) is 77.6 cm³/mol. The van der Waals surface area contributed by atoms with E-state index in [1.165, 1.54) is 11.0 Å². The number of tetrazole rings is 1. The largest absolute Gasteiger partial charge is 0.310 e. The molecule has 22 heavy (non-hydrogen) atoms. The lowest BCUT2D eigenvalue weighted by Crippen LogP contribution is -2.28. The minimum absolute atomic E-state index is 0.144. The fraction of sp³-hybridized carbons (Fsp3) is 0.333. The van der Waals surface area contributed by atoms with Gasteiger partial charge in [-0.25, -0.2) is 13.6 Å². The molecule has 1 unspecified atom stereocenters. The van der Waals surface area contributed by atoms with Crippen LogP contribution in [0.15, 0.2) is 30.6 Å². The lowest BCUT2D eigenvalue weighted by molar-refractivity contribution is -0.117. The number of carbonyl (C=O) groups is 1. The third-order valence-corrected chi connectivity index (χ3v) is 4.38. The second kappa shape index (κ2) is 5.46. The Bertz CT molecular complexity index is 789. The Morgan fingerprint density at radius 3 is 2.64 bits per heavy atom. The Balaban J connectivity index is 1.91. The highest BCUT2D eigenvalue weighted by Crippen LogP contribution is 2.30. The highest BCUT2D eigenvalue weighted by atomic mass is 32.2. The molecule has 1 aromatic carbocycles. The number of benzene rings is 1. The highest BCUT2D eigenvalue weighted by molar-refractivity contribution is 7.89. The van der Waals surface area contributed by atoms with Crippen molar-refractivity contribution in [3.8, 4) is 5.69 Å². The normalized spacial score (nSPS) is 18.9. The van der Waals surface area contributed by atoms with Gasteiger partial charge >= 0.3 is 0 Å². The number of aromatic nitrogens is 4. The van der Waals surface area contributed by atoms with Crippen LogP contribution in [0.3, 0.4) is 0 Å². The fourth-order valence-electron chi connectivity index (χ4n) is 2.61. The summed E-state index contributed by atoms with van der Waals surface area (Å²) in [5.41, 5.74) is 1.29. The van der Waals surface area contributed by atoms with Crippen LogP contribution in [0.4, 0.5) is 5.69 Å². The van der Waals surface area contributed by atoms with Crippen molar-refractivity contribution >= 4 is 21.6 Å². The number of primary sulfonamides is 1. The van der Waals surface area contributed by atoms with E-state index in [2.05, 4.69) is 15.5 Å². The summed E-state index contributed by atoms with van der Waals surface area (Å²) in [6, 6.07) is 7.16. The number of hydrogen-bond donors (Lipinski definition) is 1. The van der Waals surface area contributed by atoms with E-state index in [4.69, 9.17) is 5.14 Å². The van der Waals surface area contributed by atoms with E-state index in [1.807, 2.05) is 6.07 Å². The minimum Gasteiger partial charge on any atom is -0.310 e. The molecular weight excluding hydrogens is 308 g/mol. The number of para-hydroxylation sites is 2. The maximum atomic E-state index is 12.2. The van der Waals surface area contributed by atoms with Crippen LogP contribution in [-0.2, 0) is 14.8 Å². The van der Waals surface area contributed by atoms with Crippen molar-refractivity contribution in [3.63, 3.8) is 0 Å². The second-order valence-corrected chi connectivity index (χ2v) is 6.81. The Morgan fingerprint density at radius 1 is 1.27 bits per heavy atom. The third-order valence-electron chi connectivity index (χ3n) is 3.44. The molecule has 1 amide bonds. The molecule has 1 saturated heterocycles. The van der Waals surface area contributed by atoms with E-state index in [0.717, 1.165) is 0 Å². The predicted octanol–water partition coefficient (Wildman–Crippen LogP) is -0.696. The maximum absolute atomic E-state index is 12.2. The molecule has 3 rings (SSSR count). The van der Waals surface area contributed by atoms with Gasteiger partial charge in [0.25, 0.3) is 0 Å². The lowest BCUT2D eigenvalue weighted by atomic mass is 10.1. The molecule has 0 aliphatic carbocycles. The molecule has 1 aliphatic rings. The van der Waals surface area contributed by atoms with E-state index >= 15 is 0 Å². The van der Waals surface area contributed by atoms with Crippen LogP contribution in [0, 0.1) is 5.92 Å². The third kappa shape index (κ3) is 2.97. The van der Waals surface area contributed by atoms with Crippen LogP contribution in [-0.4, -0.2) is 46.8 Å². The monoisotopic (exact) mass is 322 g/mol. The average molecular weight is 322 g/mol. The molecular formula is C12H14N6O3S. The summed E-state index contributed by atoms with van der Waals surface area (Å²) in [4.78, 5) is 13.8. The molecule has 1 atom stereocenters. The number of nitrogens with two attached hydrogens (primary N) is 1. The molecule has 10 heteroatoms. The first-order valence-electron chi connectivity index (χ1n) is 6.57. The molecule has 0 saturated carbocycles. The summed E-state index contributed by atoms with van der Waals surface area (Å²) < 4.78 is 23.9. The fourth-order valence-corrected chi connectivity index (χ4v) is 3.49. The molecule has 1 aromatic heterocycles. The SMILES string of the molecule is NS(=O)(=O)CC1CC(=O)N(c2ccccc2-n2cnnn2)C1. The lowest BCUT2D eigenvalue weighted by Gasteiger charge is -2.19. The smallest absolute Gasteiger partial charge is 0.227 e. The first kappa shape index (κ1) is 14.6. The zero-order valence-electron chi connectivity index (χ0n) is 11.5. The zero-order chi connectivity index (χ0) is 15.7. The molecule has 116 valence electrons. The highest BCUT2D eigenvalue weighted by Gasteiger charge is 2.34. The first-order chi connectivity index (χ1) is 10.4.